The molecular weight excluding hydrogens is 747 g/mol. The first-order chi connectivity index (χ1) is 49.3. The zero-order valence-electron chi connectivity index (χ0n) is 75.9. The van der Waals surface area contributed by atoms with Gasteiger partial charge in [-0.05, 0) is 137 Å². The summed E-state index contributed by atoms with van der Waals surface area (Å²) in [6.45, 7) is -8.06. The predicted octanol–water partition coefficient (Wildman–Crippen LogP) is 17.0. The molecule has 0 saturated heterocycles. The molecule has 0 atom stereocenters. The van der Waals surface area contributed by atoms with Gasteiger partial charge in [0.15, 0.2) is 0 Å². The highest BCUT2D eigenvalue weighted by atomic mass is 15.1. The molecule has 1 aliphatic carbocycles. The summed E-state index contributed by atoms with van der Waals surface area (Å²) in [4.78, 5) is 0.0918. The van der Waals surface area contributed by atoms with Crippen LogP contribution in [0.2, 0.25) is 0 Å². The molecule has 0 unspecified atom stereocenters. The van der Waals surface area contributed by atoms with Crippen molar-refractivity contribution in [2.75, 3.05) is 4.90 Å². The molecule has 0 N–H and O–H groups in total. The molecule has 0 fully saturated rings. The van der Waals surface area contributed by atoms with Crippen LogP contribution in [0.25, 0.3) is 77.5 Å². The van der Waals surface area contributed by atoms with E-state index in [-0.39, 0.29) is 4.90 Å². The Bertz CT molecular complexity index is 5600. The molecule has 10 aromatic rings. The van der Waals surface area contributed by atoms with Gasteiger partial charge in [0, 0.05) is 30.7 Å². The normalized spacial score (nSPS) is 23.1. The fraction of sp³-hybridized carbons (Fsp3) is 0.0492. The van der Waals surface area contributed by atoms with Gasteiger partial charge in [0.2, 0.25) is 0 Å². The van der Waals surface area contributed by atoms with E-state index in [0.717, 1.165) is 0 Å². The second-order valence-electron chi connectivity index (χ2n) is 13.0. The quantitative estimate of drug-likeness (QED) is 0.147. The van der Waals surface area contributed by atoms with Gasteiger partial charge >= 0.3 is 0 Å². The molecule has 0 spiro atoms. The Hall–Kier alpha value is -7.74. The van der Waals surface area contributed by atoms with Gasteiger partial charge in [0.05, 0.1) is 53.5 Å². The van der Waals surface area contributed by atoms with Crippen LogP contribution in [0.5, 0.6) is 0 Å². The largest absolute Gasteiger partial charge is 0.310 e. The van der Waals surface area contributed by atoms with E-state index < -0.39 is 360 Å². The number of hydrogen-bond donors (Lipinski definition) is 0. The monoisotopic (exact) mass is 837 g/mol. The molecule has 0 aromatic heterocycles. The first-order valence-corrected chi connectivity index (χ1v) is 17.9. The molecule has 0 bridgehead atoms. The fourth-order valence-electron chi connectivity index (χ4n) is 6.43. The van der Waals surface area contributed by atoms with Gasteiger partial charge in [-0.1, -0.05) is 201 Å². The van der Waals surface area contributed by atoms with Crippen LogP contribution in [0.15, 0.2) is 236 Å². The molecule has 0 radical (unpaired) electrons. The van der Waals surface area contributed by atoms with Crippen LogP contribution in [0, 0.1) is 0 Å². The molecule has 294 valence electrons. The van der Waals surface area contributed by atoms with Crippen LogP contribution in [0.1, 0.15) is 86.5 Å². The van der Waals surface area contributed by atoms with Gasteiger partial charge in [0.1, 0.15) is 0 Å². The lowest BCUT2D eigenvalue weighted by atomic mass is 9.82. The Morgan fingerprint density at radius 2 is 0.758 bits per heavy atom. The van der Waals surface area contributed by atoms with Crippen LogP contribution in [0.3, 0.4) is 0 Å². The standard InChI is InChI=1S/C61H45N/c1-61(2)59-20-12-11-19-56(59)58-41-54(37-38-60(58)61)62(52-33-29-47(30-34-52)43-15-7-4-8-16-43)53-35-31-48(32-36-53)51-39-50-17-9-10-18-55(50)57(40-51)49-27-25-46(26-28-49)45-23-21-44(22-24-45)42-13-5-3-6-14-42/h3-41H,1-2H3/i1D3,2D3,3D,4D,5D,6D,7D,8D,9D,10D,11D,12D,13D,14D,15D,16D,17D,18D,19D,20D,21D,22D,23D,24D,25D,26D,27D,28D,29D,30D,31D,32D,33D,34D,35D,36D,37D,38D,39D,40D,41D. The topological polar surface area (TPSA) is 3.24 Å². The summed E-state index contributed by atoms with van der Waals surface area (Å²) in [5.74, 6) is 0. The minimum atomic E-state index is -4.03. The van der Waals surface area contributed by atoms with Crippen LogP contribution >= 0.6 is 0 Å². The number of fused-ring (bicyclic) bond motifs is 4. The molecular formula is C61H45N. The average Bonchev–Trinajstić information content (AvgIpc) is 1.50. The van der Waals surface area contributed by atoms with Gasteiger partial charge < -0.3 is 4.90 Å². The Kier molecular flexibility index (Phi) is 3.20. The van der Waals surface area contributed by atoms with E-state index in [1.807, 2.05) is 0 Å². The zero-order valence-corrected chi connectivity index (χ0v) is 30.9. The maximum atomic E-state index is 10.1. The Balaban J connectivity index is 1.28. The second kappa shape index (κ2) is 15.4. The van der Waals surface area contributed by atoms with E-state index in [9.17, 15) is 26.0 Å². The van der Waals surface area contributed by atoms with Crippen LogP contribution < -0.4 is 4.90 Å². The maximum Gasteiger partial charge on any atom is 0.0652 e. The Labute approximate surface area is 428 Å². The van der Waals surface area contributed by atoms with Crippen molar-refractivity contribution in [3.8, 4) is 66.8 Å². The van der Waals surface area contributed by atoms with Crippen molar-refractivity contribution >= 4 is 27.8 Å². The second-order valence-corrected chi connectivity index (χ2v) is 13.0. The molecule has 0 saturated carbocycles. The minimum Gasteiger partial charge on any atom is -0.310 e. The lowest BCUT2D eigenvalue weighted by Gasteiger charge is -2.27. The van der Waals surface area contributed by atoms with Gasteiger partial charge in [0.25, 0.3) is 0 Å². The van der Waals surface area contributed by atoms with Gasteiger partial charge in [-0.25, -0.2) is 0 Å². The molecule has 10 aromatic carbocycles. The third-order valence-electron chi connectivity index (χ3n) is 9.32. The molecule has 1 nitrogen and oxygen atoms in total. The molecule has 11 rings (SSSR count). The van der Waals surface area contributed by atoms with Crippen molar-refractivity contribution in [2.45, 2.75) is 19.1 Å². The van der Waals surface area contributed by atoms with Crippen LogP contribution in [-0.2, 0) is 5.41 Å². The highest BCUT2D eigenvalue weighted by molar-refractivity contribution is 6.00. The fourth-order valence-corrected chi connectivity index (χ4v) is 6.43. The number of hydrogen-bond acceptors (Lipinski definition) is 1. The van der Waals surface area contributed by atoms with E-state index >= 15 is 0 Å². The summed E-state index contributed by atoms with van der Waals surface area (Å²) in [5, 5.41) is -1.93. The van der Waals surface area contributed by atoms with E-state index in [4.69, 9.17) is 35.6 Å². The SMILES string of the molecule is [2H]c1c([2H])c([2H])c(-c2c([2H])c([2H])c(-c3c([2H])c([2H])c(-c4c([2H])c(-c5c([2H])c([2H])c(N(c6c([2H])c([2H])c(-c7c([2H])c([2H])c([2H])c([2H])c7[2H])c([2H])c6[2H])c6c([2H])c([2H])c7c(c6[2H])-c6c([2H])c([2H])c([2H])c([2H])c6C7(C([2H])([2H])[2H])C([2H])([2H])[2H])c([2H])c5[2H])c([2H])c5c([2H])c([2H])c([2H])c([2H])c45)c([2H])c3[2H])c([2H])c2[2H])c([2H])c1[2H]. The summed E-state index contributed by atoms with van der Waals surface area (Å²) in [6, 6.07) is -48.5. The van der Waals surface area contributed by atoms with Gasteiger partial charge in [-0.2, -0.15) is 0 Å². The molecule has 1 aliphatic rings. The number of benzene rings is 10. The van der Waals surface area contributed by atoms with E-state index in [2.05, 4.69) is 0 Å². The van der Waals surface area contributed by atoms with Crippen molar-refractivity contribution < 1.29 is 61.7 Å². The van der Waals surface area contributed by atoms with Gasteiger partial charge in [-0.3, -0.25) is 0 Å². The van der Waals surface area contributed by atoms with Crippen molar-refractivity contribution in [2.24, 2.45) is 0 Å². The third kappa shape index (κ3) is 6.69. The highest BCUT2D eigenvalue weighted by Crippen LogP contribution is 2.51. The van der Waals surface area contributed by atoms with Crippen molar-refractivity contribution in [1.82, 2.24) is 0 Å². The van der Waals surface area contributed by atoms with Crippen molar-refractivity contribution in [1.29, 1.82) is 0 Å². The lowest BCUT2D eigenvalue weighted by molar-refractivity contribution is 0.660. The zero-order chi connectivity index (χ0) is 80.6. The summed E-state index contributed by atoms with van der Waals surface area (Å²) in [6.07, 6.45) is 0. The number of nitrogens with zero attached hydrogens (tertiary/aromatic N) is 1. The summed E-state index contributed by atoms with van der Waals surface area (Å²) in [7, 11) is 0. The summed E-state index contributed by atoms with van der Waals surface area (Å²) in [5.41, 5.74) is -23.4. The van der Waals surface area contributed by atoms with Crippen molar-refractivity contribution in [3.05, 3.63) is 247 Å². The van der Waals surface area contributed by atoms with E-state index in [0.29, 0.717) is 0 Å². The lowest BCUT2D eigenvalue weighted by Crippen LogP contribution is -2.15. The van der Waals surface area contributed by atoms with E-state index in [1.54, 1.807) is 0 Å². The highest BCUT2D eigenvalue weighted by Gasteiger charge is 2.35. The first kappa shape index (κ1) is 12.9. The molecule has 1 heteroatoms. The minimum absolute atomic E-state index is 0.0918. The van der Waals surface area contributed by atoms with Gasteiger partial charge in [-0.15, -0.1) is 0 Å². The predicted molar refractivity (Wildman–Crippen MR) is 263 cm³/mol. The number of rotatable bonds is 8. The molecule has 0 aliphatic heterocycles. The Morgan fingerprint density at radius 3 is 1.34 bits per heavy atom. The summed E-state index contributed by atoms with van der Waals surface area (Å²) < 4.78 is 409. The first-order valence-electron chi connectivity index (χ1n) is 40.4. The van der Waals surface area contributed by atoms with Crippen molar-refractivity contribution in [3.63, 3.8) is 0 Å². The number of anilines is 3. The molecule has 0 heterocycles. The van der Waals surface area contributed by atoms with Crippen LogP contribution in [0.4, 0.5) is 17.1 Å². The smallest absolute Gasteiger partial charge is 0.0652 e. The summed E-state index contributed by atoms with van der Waals surface area (Å²) >= 11 is 0. The third-order valence-corrected chi connectivity index (χ3v) is 9.32. The molecule has 0 amide bonds. The maximum absolute atomic E-state index is 10.1. The Morgan fingerprint density at radius 1 is 0.323 bits per heavy atom. The van der Waals surface area contributed by atoms with E-state index in [1.165, 1.54) is 0 Å². The average molecular weight is 837 g/mol. The molecule has 62 heavy (non-hydrogen) atoms. The van der Waals surface area contributed by atoms with Crippen LogP contribution in [-0.4, -0.2) is 0 Å².